The van der Waals surface area contributed by atoms with Gasteiger partial charge in [0.25, 0.3) is 0 Å². The van der Waals surface area contributed by atoms with E-state index in [9.17, 15) is 13.6 Å². The number of ketones is 1. The molecule has 4 heteroatoms. The van der Waals surface area contributed by atoms with Gasteiger partial charge in [-0.1, -0.05) is 23.7 Å². The van der Waals surface area contributed by atoms with Crippen LogP contribution in [0.25, 0.3) is 0 Å². The first-order valence-electron chi connectivity index (χ1n) is 5.71. The van der Waals surface area contributed by atoms with Gasteiger partial charge < -0.3 is 0 Å². The van der Waals surface area contributed by atoms with Crippen molar-refractivity contribution in [1.29, 1.82) is 0 Å². The Morgan fingerprint density at radius 3 is 2.68 bits per heavy atom. The zero-order valence-corrected chi connectivity index (χ0v) is 11.0. The van der Waals surface area contributed by atoms with Gasteiger partial charge in [0.15, 0.2) is 5.78 Å². The van der Waals surface area contributed by atoms with Crippen LogP contribution in [-0.4, -0.2) is 5.78 Å². The van der Waals surface area contributed by atoms with E-state index in [0.29, 0.717) is 5.56 Å². The van der Waals surface area contributed by atoms with Crippen molar-refractivity contribution in [2.24, 2.45) is 0 Å². The Kier molecular flexibility index (Phi) is 3.96. The maximum atomic E-state index is 13.3. The van der Waals surface area contributed by atoms with Crippen LogP contribution < -0.4 is 0 Å². The molecule has 0 fully saturated rings. The Labute approximate surface area is 114 Å². The summed E-state index contributed by atoms with van der Waals surface area (Å²) in [7, 11) is 0. The average Bonchev–Trinajstić information content (AvgIpc) is 2.37. The summed E-state index contributed by atoms with van der Waals surface area (Å²) in [6, 6.07) is 8.31. The van der Waals surface area contributed by atoms with E-state index in [-0.39, 0.29) is 22.8 Å². The third-order valence-corrected chi connectivity index (χ3v) is 3.30. The van der Waals surface area contributed by atoms with Crippen molar-refractivity contribution >= 4 is 17.4 Å². The first-order chi connectivity index (χ1) is 8.99. The number of Topliss-reactive ketones (excluding diaryl/α,β-unsaturated/α-hetero) is 1. The largest absolute Gasteiger partial charge is 0.294 e. The number of halogens is 3. The second-order valence-electron chi connectivity index (χ2n) is 4.27. The molecule has 0 aliphatic heterocycles. The Morgan fingerprint density at radius 2 is 1.95 bits per heavy atom. The van der Waals surface area contributed by atoms with Gasteiger partial charge in [-0.25, -0.2) is 8.78 Å². The molecule has 0 atom stereocenters. The molecule has 0 aliphatic carbocycles. The summed E-state index contributed by atoms with van der Waals surface area (Å²) in [5, 5.41) is -0.193. The summed E-state index contributed by atoms with van der Waals surface area (Å²) in [6.45, 7) is 1.79. The van der Waals surface area contributed by atoms with Gasteiger partial charge in [0.05, 0.1) is 5.02 Å². The van der Waals surface area contributed by atoms with Gasteiger partial charge in [-0.3, -0.25) is 4.79 Å². The summed E-state index contributed by atoms with van der Waals surface area (Å²) in [6.07, 6.45) is -0.00718. The van der Waals surface area contributed by atoms with Crippen molar-refractivity contribution in [1.82, 2.24) is 0 Å². The number of carbonyl (C=O) groups is 1. The second kappa shape index (κ2) is 5.49. The number of hydrogen-bond donors (Lipinski definition) is 0. The van der Waals surface area contributed by atoms with Crippen molar-refractivity contribution in [3.05, 3.63) is 69.7 Å². The van der Waals surface area contributed by atoms with E-state index in [0.717, 1.165) is 5.56 Å². The van der Waals surface area contributed by atoms with Gasteiger partial charge in [0.2, 0.25) is 0 Å². The van der Waals surface area contributed by atoms with Crippen molar-refractivity contribution in [3.8, 4) is 0 Å². The van der Waals surface area contributed by atoms with Crippen LogP contribution in [0, 0.1) is 18.6 Å². The molecular weight excluding hydrogens is 270 g/mol. The molecule has 0 saturated carbocycles. The maximum absolute atomic E-state index is 13.3. The minimum absolute atomic E-state index is 0.00718. The maximum Gasteiger partial charge on any atom is 0.168 e. The highest BCUT2D eigenvalue weighted by molar-refractivity contribution is 6.34. The van der Waals surface area contributed by atoms with Crippen molar-refractivity contribution in [3.63, 3.8) is 0 Å². The van der Waals surface area contributed by atoms with Gasteiger partial charge in [-0.15, -0.1) is 0 Å². The normalized spacial score (nSPS) is 10.5. The molecule has 19 heavy (non-hydrogen) atoms. The van der Waals surface area contributed by atoms with Crippen LogP contribution in [0.2, 0.25) is 5.02 Å². The van der Waals surface area contributed by atoms with Gasteiger partial charge in [0, 0.05) is 12.0 Å². The highest BCUT2D eigenvalue weighted by Crippen LogP contribution is 2.22. The second-order valence-corrected chi connectivity index (χ2v) is 4.65. The van der Waals surface area contributed by atoms with Crippen molar-refractivity contribution in [2.45, 2.75) is 13.3 Å². The molecule has 0 saturated heterocycles. The van der Waals surface area contributed by atoms with Crippen molar-refractivity contribution < 1.29 is 13.6 Å². The summed E-state index contributed by atoms with van der Waals surface area (Å²) in [5.41, 5.74) is 1.50. The fourth-order valence-electron chi connectivity index (χ4n) is 1.82. The number of benzene rings is 2. The average molecular weight is 281 g/mol. The van der Waals surface area contributed by atoms with Crippen LogP contribution in [0.5, 0.6) is 0 Å². The molecule has 0 bridgehead atoms. The highest BCUT2D eigenvalue weighted by atomic mass is 35.5. The molecule has 0 N–H and O–H groups in total. The zero-order chi connectivity index (χ0) is 14.0. The summed E-state index contributed by atoms with van der Waals surface area (Å²) in [5.74, 6) is -1.37. The molecule has 0 heterocycles. The number of aryl methyl sites for hydroxylation is 1. The molecular formula is C15H11ClF2O. The molecule has 0 amide bonds. The lowest BCUT2D eigenvalue weighted by atomic mass is 9.99. The summed E-state index contributed by atoms with van der Waals surface area (Å²) < 4.78 is 26.4. The van der Waals surface area contributed by atoms with Gasteiger partial charge in [0.1, 0.15) is 11.6 Å². The number of hydrogen-bond acceptors (Lipinski definition) is 1. The van der Waals surface area contributed by atoms with E-state index in [1.54, 1.807) is 13.0 Å². The first-order valence-corrected chi connectivity index (χ1v) is 6.09. The Hall–Kier alpha value is -1.74. The van der Waals surface area contributed by atoms with E-state index in [1.165, 1.54) is 30.3 Å². The Morgan fingerprint density at radius 1 is 1.21 bits per heavy atom. The molecule has 0 radical (unpaired) electrons. The Balaban J connectivity index is 2.31. The fraction of sp³-hybridized carbons (Fsp3) is 0.133. The molecule has 2 aromatic carbocycles. The zero-order valence-electron chi connectivity index (χ0n) is 10.2. The quantitative estimate of drug-likeness (QED) is 0.764. The third kappa shape index (κ3) is 2.99. The minimum Gasteiger partial charge on any atom is -0.294 e. The third-order valence-electron chi connectivity index (χ3n) is 2.91. The van der Waals surface area contributed by atoms with Crippen molar-refractivity contribution in [2.75, 3.05) is 0 Å². The van der Waals surface area contributed by atoms with E-state index >= 15 is 0 Å². The lowest BCUT2D eigenvalue weighted by Gasteiger charge is -2.07. The summed E-state index contributed by atoms with van der Waals surface area (Å²) in [4.78, 5) is 12.1. The van der Waals surface area contributed by atoms with Gasteiger partial charge in [-0.2, -0.15) is 0 Å². The van der Waals surface area contributed by atoms with E-state index in [4.69, 9.17) is 11.6 Å². The predicted octanol–water partition coefficient (Wildman–Crippen LogP) is 4.35. The SMILES string of the molecule is Cc1ccc(F)cc1CC(=O)c1cccc(F)c1Cl. The molecule has 2 rings (SSSR count). The fourth-order valence-corrected chi connectivity index (χ4v) is 2.05. The number of rotatable bonds is 3. The summed E-state index contributed by atoms with van der Waals surface area (Å²) >= 11 is 5.76. The van der Waals surface area contributed by atoms with Gasteiger partial charge >= 0.3 is 0 Å². The van der Waals surface area contributed by atoms with Crippen LogP contribution in [0.15, 0.2) is 36.4 Å². The first kappa shape index (κ1) is 13.7. The Bertz CT molecular complexity index is 638. The van der Waals surface area contributed by atoms with E-state index in [2.05, 4.69) is 0 Å². The minimum atomic E-state index is -0.636. The monoisotopic (exact) mass is 280 g/mol. The molecule has 98 valence electrons. The van der Waals surface area contributed by atoms with Crippen LogP contribution in [0.3, 0.4) is 0 Å². The standard InChI is InChI=1S/C15H11ClF2O/c1-9-5-6-11(17)7-10(9)8-14(19)12-3-2-4-13(18)15(12)16/h2-7H,8H2,1H3. The van der Waals surface area contributed by atoms with Crippen LogP contribution in [-0.2, 0) is 6.42 Å². The van der Waals surface area contributed by atoms with Crippen LogP contribution >= 0.6 is 11.6 Å². The van der Waals surface area contributed by atoms with Crippen LogP contribution in [0.4, 0.5) is 8.78 Å². The predicted molar refractivity (Wildman–Crippen MR) is 70.6 cm³/mol. The highest BCUT2D eigenvalue weighted by Gasteiger charge is 2.15. The topological polar surface area (TPSA) is 17.1 Å². The van der Waals surface area contributed by atoms with Crippen LogP contribution in [0.1, 0.15) is 21.5 Å². The molecule has 0 aromatic heterocycles. The molecule has 0 aliphatic rings. The van der Waals surface area contributed by atoms with E-state index in [1.807, 2.05) is 0 Å². The smallest absolute Gasteiger partial charge is 0.168 e. The van der Waals surface area contributed by atoms with Gasteiger partial charge in [-0.05, 0) is 42.3 Å². The molecule has 2 aromatic rings. The molecule has 1 nitrogen and oxygen atoms in total. The lowest BCUT2D eigenvalue weighted by molar-refractivity contribution is 0.0992. The molecule has 0 unspecified atom stereocenters. The lowest BCUT2D eigenvalue weighted by Crippen LogP contribution is -2.06. The van der Waals surface area contributed by atoms with E-state index < -0.39 is 11.6 Å². The molecule has 0 spiro atoms. The number of carbonyl (C=O) groups excluding carboxylic acids is 1.